The summed E-state index contributed by atoms with van der Waals surface area (Å²) in [5, 5.41) is 2.68. The van der Waals surface area contributed by atoms with E-state index in [-0.39, 0.29) is 5.91 Å². The Morgan fingerprint density at radius 3 is 2.41 bits per heavy atom. The number of benzene rings is 1. The molecule has 2 rings (SSSR count). The van der Waals surface area contributed by atoms with Crippen molar-refractivity contribution in [2.45, 2.75) is 12.8 Å². The van der Waals surface area contributed by atoms with E-state index in [1.807, 2.05) is 18.2 Å². The van der Waals surface area contributed by atoms with Crippen molar-refractivity contribution in [2.75, 3.05) is 6.54 Å². The molecule has 2 aromatic rings. The molecule has 0 atom stereocenters. The zero-order chi connectivity index (χ0) is 15.6. The van der Waals surface area contributed by atoms with E-state index in [4.69, 9.17) is 0 Å². The number of carbonyl (C=O) groups excluding carboxylic acids is 2. The maximum atomic E-state index is 11.7. The summed E-state index contributed by atoms with van der Waals surface area (Å²) in [4.78, 5) is 27.0. The first-order chi connectivity index (χ1) is 10.8. The number of aromatic nitrogens is 1. The summed E-state index contributed by atoms with van der Waals surface area (Å²) >= 11 is 0. The van der Waals surface area contributed by atoms with Gasteiger partial charge in [0.1, 0.15) is 0 Å². The number of rotatable bonds is 5. The van der Waals surface area contributed by atoms with E-state index in [0.29, 0.717) is 12.1 Å². The van der Waals surface area contributed by atoms with Crippen LogP contribution in [0.15, 0.2) is 54.9 Å². The molecule has 114 valence electrons. The van der Waals surface area contributed by atoms with Crippen LogP contribution in [0.5, 0.6) is 0 Å². The second kappa shape index (κ2) is 8.41. The van der Waals surface area contributed by atoms with Gasteiger partial charge in [0.25, 0.3) is 5.91 Å². The van der Waals surface area contributed by atoms with E-state index >= 15 is 0 Å². The van der Waals surface area contributed by atoms with Gasteiger partial charge in [-0.1, -0.05) is 30.3 Å². The van der Waals surface area contributed by atoms with E-state index in [2.05, 4.69) is 33.3 Å². The molecule has 22 heavy (non-hydrogen) atoms. The number of nitrogens with zero attached hydrogens (tertiary/aromatic N) is 1. The third kappa shape index (κ3) is 5.24. The Bertz CT molecular complexity index is 602. The summed E-state index contributed by atoms with van der Waals surface area (Å²) in [5.41, 5.74) is 6.30. The Labute approximate surface area is 128 Å². The van der Waals surface area contributed by atoms with Gasteiger partial charge in [0, 0.05) is 24.5 Å². The van der Waals surface area contributed by atoms with Gasteiger partial charge in [-0.3, -0.25) is 15.2 Å². The molecular weight excluding hydrogens is 280 g/mol. The molecule has 1 aromatic carbocycles. The van der Waals surface area contributed by atoms with Crippen LogP contribution < -0.4 is 16.2 Å². The van der Waals surface area contributed by atoms with Crippen LogP contribution in [0, 0.1) is 0 Å². The Kier molecular flexibility index (Phi) is 5.92. The largest absolute Gasteiger partial charge is 0.337 e. The van der Waals surface area contributed by atoms with Gasteiger partial charge < -0.3 is 5.32 Å². The summed E-state index contributed by atoms with van der Waals surface area (Å²) in [6.07, 6.45) is 4.75. The maximum absolute atomic E-state index is 11.7. The number of urea groups is 1. The van der Waals surface area contributed by atoms with Crippen molar-refractivity contribution in [1.82, 2.24) is 21.2 Å². The molecule has 0 aliphatic heterocycles. The fraction of sp³-hybridized carbons (Fsp3) is 0.188. The predicted molar refractivity (Wildman–Crippen MR) is 83.0 cm³/mol. The number of aryl methyl sites for hydroxylation is 1. The normalized spacial score (nSPS) is 9.82. The standard InChI is InChI=1S/C16H18N4O2/c21-15(14-8-11-17-12-9-14)19-20-16(22)18-10-4-7-13-5-2-1-3-6-13/h1-3,5-6,8-9,11-12H,4,7,10H2,(H,19,21)(H2,18,20,22). The minimum absolute atomic E-state index is 0.387. The van der Waals surface area contributed by atoms with Crippen molar-refractivity contribution < 1.29 is 9.59 Å². The predicted octanol–water partition coefficient (Wildman–Crippen LogP) is 1.66. The maximum Gasteiger partial charge on any atom is 0.333 e. The van der Waals surface area contributed by atoms with Gasteiger partial charge in [0.2, 0.25) is 0 Å². The summed E-state index contributed by atoms with van der Waals surface area (Å²) in [7, 11) is 0. The summed E-state index contributed by atoms with van der Waals surface area (Å²) in [6.45, 7) is 0.534. The van der Waals surface area contributed by atoms with Gasteiger partial charge in [-0.15, -0.1) is 0 Å². The van der Waals surface area contributed by atoms with Crippen LogP contribution in [0.4, 0.5) is 4.79 Å². The third-order valence-corrected chi connectivity index (χ3v) is 3.00. The molecule has 0 radical (unpaired) electrons. The Morgan fingerprint density at radius 2 is 1.68 bits per heavy atom. The number of hydrogen-bond donors (Lipinski definition) is 3. The highest BCUT2D eigenvalue weighted by Gasteiger charge is 2.05. The number of amides is 3. The fourth-order valence-corrected chi connectivity index (χ4v) is 1.87. The first-order valence-corrected chi connectivity index (χ1v) is 7.04. The van der Waals surface area contributed by atoms with Crippen molar-refractivity contribution in [3.05, 3.63) is 66.0 Å². The van der Waals surface area contributed by atoms with Crippen molar-refractivity contribution in [3.8, 4) is 0 Å². The van der Waals surface area contributed by atoms with Crippen LogP contribution in [0.25, 0.3) is 0 Å². The fourth-order valence-electron chi connectivity index (χ4n) is 1.87. The average molecular weight is 298 g/mol. The van der Waals surface area contributed by atoms with Crippen molar-refractivity contribution >= 4 is 11.9 Å². The molecule has 0 fully saturated rings. The van der Waals surface area contributed by atoms with Crippen LogP contribution in [-0.4, -0.2) is 23.5 Å². The highest BCUT2D eigenvalue weighted by atomic mass is 16.2. The molecule has 0 saturated carbocycles. The molecule has 6 nitrogen and oxygen atoms in total. The molecule has 6 heteroatoms. The summed E-state index contributed by atoms with van der Waals surface area (Å²) in [6, 6.07) is 12.7. The zero-order valence-corrected chi connectivity index (χ0v) is 12.1. The molecular formula is C16H18N4O2. The van der Waals surface area contributed by atoms with Gasteiger partial charge in [-0.25, -0.2) is 10.2 Å². The van der Waals surface area contributed by atoms with Gasteiger partial charge in [-0.05, 0) is 30.5 Å². The lowest BCUT2D eigenvalue weighted by molar-refractivity contribution is 0.0936. The van der Waals surface area contributed by atoms with E-state index in [1.165, 1.54) is 18.0 Å². The second-order valence-corrected chi connectivity index (χ2v) is 4.66. The lowest BCUT2D eigenvalue weighted by Gasteiger charge is -2.09. The second-order valence-electron chi connectivity index (χ2n) is 4.66. The molecule has 0 bridgehead atoms. The molecule has 3 N–H and O–H groups in total. The van der Waals surface area contributed by atoms with Crippen LogP contribution >= 0.6 is 0 Å². The molecule has 0 aliphatic carbocycles. The Balaban J connectivity index is 1.61. The molecule has 0 unspecified atom stereocenters. The molecule has 0 aliphatic rings. The zero-order valence-electron chi connectivity index (χ0n) is 12.1. The number of nitrogens with one attached hydrogen (secondary N) is 3. The van der Waals surface area contributed by atoms with Gasteiger partial charge in [0.15, 0.2) is 0 Å². The van der Waals surface area contributed by atoms with E-state index in [0.717, 1.165) is 12.8 Å². The molecule has 1 aromatic heterocycles. The topological polar surface area (TPSA) is 83.1 Å². The molecule has 0 spiro atoms. The summed E-state index contributed by atoms with van der Waals surface area (Å²) in [5.74, 6) is -0.387. The van der Waals surface area contributed by atoms with Crippen LogP contribution in [-0.2, 0) is 6.42 Å². The Hall–Kier alpha value is -2.89. The van der Waals surface area contributed by atoms with Crippen LogP contribution in [0.3, 0.4) is 0 Å². The third-order valence-electron chi connectivity index (χ3n) is 3.00. The highest BCUT2D eigenvalue weighted by Crippen LogP contribution is 2.01. The SMILES string of the molecule is O=C(NCCCc1ccccc1)NNC(=O)c1ccncc1. The number of hydrazine groups is 1. The minimum Gasteiger partial charge on any atom is -0.337 e. The quantitative estimate of drug-likeness (QED) is 0.580. The van der Waals surface area contributed by atoms with Gasteiger partial charge in [0.05, 0.1) is 0 Å². The monoisotopic (exact) mass is 298 g/mol. The first kappa shape index (κ1) is 15.5. The number of carbonyl (C=O) groups is 2. The lowest BCUT2D eigenvalue weighted by atomic mass is 10.1. The molecule has 0 saturated heterocycles. The van der Waals surface area contributed by atoms with Crippen molar-refractivity contribution in [2.24, 2.45) is 0 Å². The van der Waals surface area contributed by atoms with Crippen molar-refractivity contribution in [1.29, 1.82) is 0 Å². The van der Waals surface area contributed by atoms with E-state index in [9.17, 15) is 9.59 Å². The highest BCUT2D eigenvalue weighted by molar-refractivity contribution is 5.95. The molecule has 3 amide bonds. The number of hydrogen-bond acceptors (Lipinski definition) is 3. The summed E-state index contributed by atoms with van der Waals surface area (Å²) < 4.78 is 0. The van der Waals surface area contributed by atoms with Gasteiger partial charge >= 0.3 is 6.03 Å². The number of pyridine rings is 1. The smallest absolute Gasteiger partial charge is 0.333 e. The first-order valence-electron chi connectivity index (χ1n) is 7.04. The Morgan fingerprint density at radius 1 is 0.955 bits per heavy atom. The molecule has 1 heterocycles. The lowest BCUT2D eigenvalue weighted by Crippen LogP contribution is -2.47. The van der Waals surface area contributed by atoms with E-state index < -0.39 is 6.03 Å². The van der Waals surface area contributed by atoms with E-state index in [1.54, 1.807) is 12.1 Å². The van der Waals surface area contributed by atoms with Crippen LogP contribution in [0.2, 0.25) is 0 Å². The van der Waals surface area contributed by atoms with Gasteiger partial charge in [-0.2, -0.15) is 0 Å². The average Bonchev–Trinajstić information content (AvgIpc) is 2.58. The van der Waals surface area contributed by atoms with Crippen LogP contribution in [0.1, 0.15) is 22.3 Å². The minimum atomic E-state index is -0.435. The van der Waals surface area contributed by atoms with Crippen molar-refractivity contribution in [3.63, 3.8) is 0 Å².